The van der Waals surface area contributed by atoms with E-state index in [1.165, 1.54) is 50.1 Å². The van der Waals surface area contributed by atoms with Gasteiger partial charge in [-0.1, -0.05) is 0 Å². The molecule has 2 aliphatic carbocycles. The van der Waals surface area contributed by atoms with Crippen LogP contribution in [0.25, 0.3) is 11.1 Å². The van der Waals surface area contributed by atoms with Crippen LogP contribution in [0, 0.1) is 19.8 Å². The van der Waals surface area contributed by atoms with Crippen molar-refractivity contribution in [2.24, 2.45) is 5.92 Å². The zero-order valence-electron chi connectivity index (χ0n) is 30.2. The van der Waals surface area contributed by atoms with Crippen LogP contribution in [0.4, 0.5) is 0 Å². The summed E-state index contributed by atoms with van der Waals surface area (Å²) >= 11 is -2.90. The minimum absolute atomic E-state index is 0.0828. The van der Waals surface area contributed by atoms with Crippen LogP contribution in [0.3, 0.4) is 0 Å². The van der Waals surface area contributed by atoms with E-state index in [0.29, 0.717) is 9.54 Å². The molecule has 0 bridgehead atoms. The van der Waals surface area contributed by atoms with Crippen molar-refractivity contribution in [3.05, 3.63) is 149 Å². The first kappa shape index (κ1) is 33.0. The van der Waals surface area contributed by atoms with E-state index in [0.717, 1.165) is 0 Å². The summed E-state index contributed by atoms with van der Waals surface area (Å²) in [6.07, 6.45) is 0. The third-order valence-electron chi connectivity index (χ3n) is 10.9. The molecule has 1 heteroatoms. The Balaban J connectivity index is 1.81. The maximum absolute atomic E-state index is 2.90. The molecule has 0 amide bonds. The Hall–Kier alpha value is -2.89. The fourth-order valence-corrected chi connectivity index (χ4v) is 18.0. The second-order valence-electron chi connectivity index (χ2n) is 16.1. The first-order chi connectivity index (χ1) is 21.6. The molecule has 4 aromatic carbocycles. The van der Waals surface area contributed by atoms with Gasteiger partial charge in [-0.2, -0.15) is 0 Å². The standard InChI is InChI=1S/C21H25.C15H14.C9H13.Zr/c1-20(2,3)16-7-9-18-14(12-16)11-15-13-17(21(4,5)6)8-10-19(15)18;1-12-3-7-14(8-4-12)11-15-9-5-13(2)6-10-15;1-6-5-7(2)9(4)8(6)3;/h7-13H,1-6H3;3-10H,1-2H3;6H,1-4H3;. The van der Waals surface area contributed by atoms with Crippen molar-refractivity contribution in [2.45, 2.75) is 97.5 Å². The zero-order valence-corrected chi connectivity index (χ0v) is 32.7. The molecule has 0 nitrogen and oxygen atoms in total. The number of benzene rings is 4. The predicted octanol–water partition coefficient (Wildman–Crippen LogP) is 12.1. The molecule has 6 rings (SSSR count). The van der Waals surface area contributed by atoms with Gasteiger partial charge in [0.25, 0.3) is 0 Å². The van der Waals surface area contributed by atoms with Crippen molar-refractivity contribution in [3.8, 4) is 11.1 Å². The molecule has 0 spiro atoms. The van der Waals surface area contributed by atoms with Crippen molar-refractivity contribution in [3.63, 3.8) is 0 Å². The summed E-state index contributed by atoms with van der Waals surface area (Å²) in [5, 5.41) is 0. The molecular weight excluding hydrogens is 632 g/mol. The van der Waals surface area contributed by atoms with Gasteiger partial charge in [0.05, 0.1) is 0 Å². The Kier molecular flexibility index (Phi) is 8.60. The predicted molar refractivity (Wildman–Crippen MR) is 197 cm³/mol. The average molecular weight is 684 g/mol. The average Bonchev–Trinajstić information content (AvgIpc) is 3.42. The molecule has 236 valence electrons. The normalized spacial score (nSPS) is 16.7. The Morgan fingerprint density at radius 1 is 0.543 bits per heavy atom. The van der Waals surface area contributed by atoms with Gasteiger partial charge >= 0.3 is 288 Å². The van der Waals surface area contributed by atoms with E-state index in [9.17, 15) is 0 Å². The first-order valence-corrected chi connectivity index (χ1v) is 21.0. The maximum atomic E-state index is 2.61. The summed E-state index contributed by atoms with van der Waals surface area (Å²) in [5.74, 6) is 0.462. The molecule has 46 heavy (non-hydrogen) atoms. The third kappa shape index (κ3) is 5.77. The van der Waals surface area contributed by atoms with Gasteiger partial charge in [-0.05, 0) is 0 Å². The molecule has 0 aromatic heterocycles. The van der Waals surface area contributed by atoms with Gasteiger partial charge in [-0.25, -0.2) is 0 Å². The second-order valence-corrected chi connectivity index (χ2v) is 22.1. The van der Waals surface area contributed by atoms with Gasteiger partial charge in [0, 0.05) is 0 Å². The van der Waals surface area contributed by atoms with E-state index in [1.807, 2.05) is 0 Å². The molecule has 0 fully saturated rings. The summed E-state index contributed by atoms with van der Waals surface area (Å²) in [5.41, 5.74) is 19.1. The van der Waals surface area contributed by atoms with Crippen molar-refractivity contribution < 1.29 is 21.3 Å². The fraction of sp³-hybridized carbons (Fsp3) is 0.356. The summed E-state index contributed by atoms with van der Waals surface area (Å²) in [4.78, 5) is 0. The summed E-state index contributed by atoms with van der Waals surface area (Å²) in [6.45, 7) is 28.3. The minimum atomic E-state index is -2.90. The summed E-state index contributed by atoms with van der Waals surface area (Å²) in [7, 11) is 0. The molecule has 2 aliphatic rings. The van der Waals surface area contributed by atoms with Crippen molar-refractivity contribution in [2.75, 3.05) is 0 Å². The van der Waals surface area contributed by atoms with Crippen LogP contribution in [0.1, 0.15) is 117 Å². The van der Waals surface area contributed by atoms with Crippen LogP contribution < -0.4 is 0 Å². The van der Waals surface area contributed by atoms with E-state index < -0.39 is 21.3 Å². The van der Waals surface area contributed by atoms with E-state index in [1.54, 1.807) is 28.8 Å². The van der Waals surface area contributed by atoms with Crippen LogP contribution in [0.2, 0.25) is 0 Å². The number of hydrogen-bond donors (Lipinski definition) is 0. The molecule has 0 saturated carbocycles. The number of aryl methyl sites for hydroxylation is 2. The molecule has 0 heterocycles. The van der Waals surface area contributed by atoms with Gasteiger partial charge in [0.15, 0.2) is 0 Å². The topological polar surface area (TPSA) is 0 Å². The number of allylic oxidation sites excluding steroid dienone is 4. The number of rotatable bonds is 4. The molecule has 0 saturated heterocycles. The molecule has 4 aromatic rings. The van der Waals surface area contributed by atoms with Gasteiger partial charge in [0.1, 0.15) is 0 Å². The molecule has 1 atom stereocenters. The van der Waals surface area contributed by atoms with Crippen molar-refractivity contribution in [1.82, 2.24) is 0 Å². The SMILES string of the molecule is CC1=C(C)C(C)[C]([Zr](=[C](c2ccc(C)cc2)c2ccc(C)cc2)[CH]2c3cc(C(C)(C)C)ccc3-c3ccc(C(C)(C)C)cc32)=C1C. The Morgan fingerprint density at radius 3 is 1.30 bits per heavy atom. The van der Waals surface area contributed by atoms with Gasteiger partial charge < -0.3 is 0 Å². The quantitative estimate of drug-likeness (QED) is 0.201. The van der Waals surface area contributed by atoms with Crippen LogP contribution in [-0.2, 0) is 32.1 Å². The Labute approximate surface area is 286 Å². The van der Waals surface area contributed by atoms with E-state index >= 15 is 0 Å². The number of fused-ring (bicyclic) bond motifs is 3. The van der Waals surface area contributed by atoms with Gasteiger partial charge in [-0.3, -0.25) is 0 Å². The van der Waals surface area contributed by atoms with Crippen LogP contribution in [0.5, 0.6) is 0 Å². The van der Waals surface area contributed by atoms with E-state index in [-0.39, 0.29) is 10.8 Å². The monoisotopic (exact) mass is 682 g/mol. The first-order valence-electron chi connectivity index (χ1n) is 17.1. The van der Waals surface area contributed by atoms with Crippen molar-refractivity contribution in [1.29, 1.82) is 0 Å². The molecule has 0 radical (unpaired) electrons. The molecule has 0 aliphatic heterocycles. The molecule has 0 N–H and O–H groups in total. The van der Waals surface area contributed by atoms with Crippen LogP contribution in [-0.4, -0.2) is 3.21 Å². The van der Waals surface area contributed by atoms with Crippen molar-refractivity contribution >= 4 is 3.21 Å². The van der Waals surface area contributed by atoms with Crippen LogP contribution >= 0.6 is 0 Å². The summed E-state index contributed by atoms with van der Waals surface area (Å²) in [6, 6.07) is 33.9. The molecular formula is C45H52Zr. The second kappa shape index (κ2) is 12.0. The van der Waals surface area contributed by atoms with Crippen LogP contribution in [0.15, 0.2) is 105 Å². The van der Waals surface area contributed by atoms with Gasteiger partial charge in [-0.15, -0.1) is 0 Å². The zero-order chi connectivity index (χ0) is 33.3. The Morgan fingerprint density at radius 2 is 0.957 bits per heavy atom. The summed E-state index contributed by atoms with van der Waals surface area (Å²) < 4.78 is 3.80. The number of hydrogen-bond acceptors (Lipinski definition) is 0. The van der Waals surface area contributed by atoms with E-state index in [2.05, 4.69) is 168 Å². The Bertz CT molecular complexity index is 1820. The fourth-order valence-electron chi connectivity index (χ4n) is 7.66. The third-order valence-corrected chi connectivity index (χ3v) is 20.0. The van der Waals surface area contributed by atoms with E-state index in [4.69, 9.17) is 0 Å². The molecule has 1 unspecified atom stereocenters. The van der Waals surface area contributed by atoms with Gasteiger partial charge in [0.2, 0.25) is 0 Å².